The molecule has 0 radical (unpaired) electrons. The molecule has 2 N–H and O–H groups in total. The highest BCUT2D eigenvalue weighted by atomic mass is 16.5. The number of Topliss-reactive ketones (excluding diaryl/α,β-unsaturated/α-hetero) is 1. The van der Waals surface area contributed by atoms with Crippen LogP contribution in [0.1, 0.15) is 68.9 Å². The summed E-state index contributed by atoms with van der Waals surface area (Å²) in [4.78, 5) is 18.7. The summed E-state index contributed by atoms with van der Waals surface area (Å²) >= 11 is 0. The van der Waals surface area contributed by atoms with Crippen LogP contribution in [0.5, 0.6) is 5.75 Å². The highest BCUT2D eigenvalue weighted by Gasteiger charge is 2.35. The van der Waals surface area contributed by atoms with Crippen molar-refractivity contribution in [1.82, 2.24) is 19.5 Å². The van der Waals surface area contributed by atoms with Gasteiger partial charge in [-0.3, -0.25) is 9.69 Å². The van der Waals surface area contributed by atoms with Gasteiger partial charge < -0.3 is 10.5 Å². The minimum atomic E-state index is -0.0239. The Morgan fingerprint density at radius 2 is 1.89 bits per heavy atom. The predicted molar refractivity (Wildman–Crippen MR) is 150 cm³/mol. The Kier molecular flexibility index (Phi) is 8.44. The van der Waals surface area contributed by atoms with Gasteiger partial charge in [0.1, 0.15) is 17.0 Å². The van der Waals surface area contributed by atoms with E-state index in [-0.39, 0.29) is 11.7 Å². The SMILES string of the molecule is CCC(=O)c1cc2c3cccc(OC)c3nc(N)n2n1.CCCC1(CC)CCN(Cc2ccccc2)C1. The first-order chi connectivity index (χ1) is 17.9. The number of aromatic nitrogens is 3. The number of anilines is 1. The van der Waals surface area contributed by atoms with Gasteiger partial charge in [0, 0.05) is 24.9 Å². The molecule has 2 aromatic heterocycles. The number of likely N-dealkylation sites (tertiary alicyclic amines) is 1. The molecule has 0 amide bonds. The molecule has 0 aliphatic carbocycles. The van der Waals surface area contributed by atoms with Crippen molar-refractivity contribution in [3.05, 3.63) is 65.9 Å². The van der Waals surface area contributed by atoms with Crippen LogP contribution in [0.15, 0.2) is 54.6 Å². The maximum atomic E-state index is 11.8. The number of carbonyl (C=O) groups is 1. The topological polar surface area (TPSA) is 85.7 Å². The van der Waals surface area contributed by atoms with Gasteiger partial charge in [0.05, 0.1) is 12.6 Å². The molecule has 2 aromatic carbocycles. The Morgan fingerprint density at radius 3 is 2.57 bits per heavy atom. The van der Waals surface area contributed by atoms with Crippen molar-refractivity contribution in [2.24, 2.45) is 5.41 Å². The molecule has 0 spiro atoms. The van der Waals surface area contributed by atoms with E-state index in [9.17, 15) is 4.79 Å². The summed E-state index contributed by atoms with van der Waals surface area (Å²) in [6, 6.07) is 18.2. The van der Waals surface area contributed by atoms with E-state index in [0.29, 0.717) is 28.8 Å². The van der Waals surface area contributed by atoms with Crippen molar-refractivity contribution in [2.45, 2.75) is 59.4 Å². The summed E-state index contributed by atoms with van der Waals surface area (Å²) in [6.45, 7) is 10.2. The maximum Gasteiger partial charge on any atom is 0.222 e. The van der Waals surface area contributed by atoms with Gasteiger partial charge in [-0.05, 0) is 48.9 Å². The van der Waals surface area contributed by atoms with Crippen LogP contribution in [0.2, 0.25) is 0 Å². The van der Waals surface area contributed by atoms with Crippen LogP contribution in [0.4, 0.5) is 5.95 Å². The Morgan fingerprint density at radius 1 is 1.11 bits per heavy atom. The van der Waals surface area contributed by atoms with Gasteiger partial charge in [0.15, 0.2) is 5.78 Å². The van der Waals surface area contributed by atoms with Gasteiger partial charge in [0.25, 0.3) is 0 Å². The molecule has 7 nitrogen and oxygen atoms in total. The minimum absolute atomic E-state index is 0.0239. The molecule has 1 aliphatic heterocycles. The third-order valence-electron chi connectivity index (χ3n) is 7.55. The molecule has 1 atom stereocenters. The van der Waals surface area contributed by atoms with Gasteiger partial charge in [-0.15, -0.1) is 0 Å². The lowest BCUT2D eigenvalue weighted by molar-refractivity contribution is 0.0983. The molecule has 4 aromatic rings. The van der Waals surface area contributed by atoms with E-state index in [0.717, 1.165) is 17.4 Å². The first-order valence-corrected chi connectivity index (χ1v) is 13.3. The molecule has 196 valence electrons. The number of benzene rings is 2. The van der Waals surface area contributed by atoms with Crippen LogP contribution in [0.25, 0.3) is 16.4 Å². The Balaban J connectivity index is 0.000000176. The van der Waals surface area contributed by atoms with E-state index >= 15 is 0 Å². The zero-order valence-electron chi connectivity index (χ0n) is 22.5. The van der Waals surface area contributed by atoms with Gasteiger partial charge in [-0.2, -0.15) is 9.61 Å². The molecule has 5 rings (SSSR count). The summed E-state index contributed by atoms with van der Waals surface area (Å²) in [5.41, 5.74) is 9.81. The van der Waals surface area contributed by atoms with E-state index in [1.165, 1.54) is 48.9 Å². The molecule has 1 unspecified atom stereocenters. The normalized spacial score (nSPS) is 17.6. The molecule has 0 saturated carbocycles. The zero-order chi connectivity index (χ0) is 26.4. The van der Waals surface area contributed by atoms with Gasteiger partial charge in [-0.1, -0.05) is 69.7 Å². The van der Waals surface area contributed by atoms with Crippen molar-refractivity contribution >= 4 is 28.2 Å². The van der Waals surface area contributed by atoms with E-state index in [4.69, 9.17) is 10.5 Å². The number of nitrogens with zero attached hydrogens (tertiary/aromatic N) is 4. The van der Waals surface area contributed by atoms with E-state index in [2.05, 4.69) is 59.2 Å². The summed E-state index contributed by atoms with van der Waals surface area (Å²) < 4.78 is 6.78. The number of hydrogen-bond donors (Lipinski definition) is 1. The zero-order valence-corrected chi connectivity index (χ0v) is 22.5. The second kappa shape index (κ2) is 11.7. The molecular formula is C30H39N5O2. The summed E-state index contributed by atoms with van der Waals surface area (Å²) in [5, 5.41) is 5.08. The maximum absolute atomic E-state index is 11.8. The second-order valence-electron chi connectivity index (χ2n) is 9.98. The largest absolute Gasteiger partial charge is 0.494 e. The fourth-order valence-electron chi connectivity index (χ4n) is 5.44. The average Bonchev–Trinajstić information content (AvgIpc) is 3.55. The van der Waals surface area contributed by atoms with Crippen LogP contribution in [0, 0.1) is 5.41 Å². The lowest BCUT2D eigenvalue weighted by atomic mass is 9.80. The standard InChI is InChI=1S/C16H25N.C14H14N4O2/c1-3-10-16(4-2)11-12-17(14-16)13-15-8-6-5-7-9-15;1-3-11(19)9-7-10-8-5-4-6-12(20-2)13(8)16-14(15)18(10)17-9/h5-9H,3-4,10-14H2,1-2H3;4-7H,3H2,1-2H3,(H2,15,16). The number of para-hydroxylation sites is 1. The number of nitrogens with two attached hydrogens (primary N) is 1. The van der Waals surface area contributed by atoms with Gasteiger partial charge >= 0.3 is 0 Å². The number of ketones is 1. The van der Waals surface area contributed by atoms with Crippen molar-refractivity contribution < 1.29 is 9.53 Å². The molecule has 1 saturated heterocycles. The second-order valence-corrected chi connectivity index (χ2v) is 9.98. The fraction of sp³-hybridized carbons (Fsp3) is 0.433. The monoisotopic (exact) mass is 501 g/mol. The first kappa shape index (κ1) is 26.6. The van der Waals surface area contributed by atoms with Crippen molar-refractivity contribution in [1.29, 1.82) is 0 Å². The van der Waals surface area contributed by atoms with E-state index in [1.54, 1.807) is 20.1 Å². The summed E-state index contributed by atoms with van der Waals surface area (Å²) in [6.07, 6.45) is 5.86. The lowest BCUT2D eigenvalue weighted by Gasteiger charge is -2.27. The van der Waals surface area contributed by atoms with Crippen LogP contribution < -0.4 is 10.5 Å². The Hall–Kier alpha value is -3.45. The number of hydrogen-bond acceptors (Lipinski definition) is 6. The molecule has 37 heavy (non-hydrogen) atoms. The van der Waals surface area contributed by atoms with Crippen molar-refractivity contribution in [3.63, 3.8) is 0 Å². The minimum Gasteiger partial charge on any atom is -0.494 e. The summed E-state index contributed by atoms with van der Waals surface area (Å²) in [5.74, 6) is 0.845. The highest BCUT2D eigenvalue weighted by molar-refractivity contribution is 6.01. The fourth-order valence-corrected chi connectivity index (χ4v) is 5.44. The van der Waals surface area contributed by atoms with E-state index < -0.39 is 0 Å². The summed E-state index contributed by atoms with van der Waals surface area (Å²) in [7, 11) is 1.58. The molecule has 7 heteroatoms. The Labute approximate surface area is 219 Å². The van der Waals surface area contributed by atoms with Gasteiger partial charge in [0.2, 0.25) is 5.95 Å². The van der Waals surface area contributed by atoms with Gasteiger partial charge in [-0.25, -0.2) is 4.98 Å². The van der Waals surface area contributed by atoms with Crippen LogP contribution in [-0.4, -0.2) is 45.5 Å². The van der Waals surface area contributed by atoms with E-state index in [1.807, 2.05) is 18.2 Å². The first-order valence-electron chi connectivity index (χ1n) is 13.3. The Bertz CT molecular complexity index is 1350. The molecule has 1 fully saturated rings. The number of carbonyl (C=O) groups excluding carboxylic acids is 1. The number of methoxy groups -OCH3 is 1. The molecule has 3 heterocycles. The third-order valence-corrected chi connectivity index (χ3v) is 7.55. The average molecular weight is 502 g/mol. The van der Waals surface area contributed by atoms with Crippen molar-refractivity contribution in [2.75, 3.05) is 25.9 Å². The highest BCUT2D eigenvalue weighted by Crippen LogP contribution is 2.38. The third kappa shape index (κ3) is 5.77. The van der Waals surface area contributed by atoms with Crippen LogP contribution >= 0.6 is 0 Å². The molecular weight excluding hydrogens is 462 g/mol. The molecule has 1 aliphatic rings. The molecule has 0 bridgehead atoms. The van der Waals surface area contributed by atoms with Crippen LogP contribution in [0.3, 0.4) is 0 Å². The number of fused-ring (bicyclic) bond motifs is 3. The number of rotatable bonds is 8. The predicted octanol–water partition coefficient (Wildman–Crippen LogP) is 6.15. The number of ether oxygens (including phenoxy) is 1. The van der Waals surface area contributed by atoms with Crippen LogP contribution in [-0.2, 0) is 6.54 Å². The lowest BCUT2D eigenvalue weighted by Crippen LogP contribution is -2.26. The van der Waals surface area contributed by atoms with Crippen molar-refractivity contribution in [3.8, 4) is 5.75 Å². The quantitative estimate of drug-likeness (QED) is 0.291. The number of nitrogen functional groups attached to an aromatic ring is 1. The smallest absolute Gasteiger partial charge is 0.222 e.